The maximum Gasteiger partial charge on any atom is 0.0647 e. The zero-order valence-electron chi connectivity index (χ0n) is 12.4. The molecule has 2 heteroatoms. The zero-order valence-corrected chi connectivity index (χ0v) is 15.5. The molecule has 0 saturated heterocycles. The summed E-state index contributed by atoms with van der Waals surface area (Å²) < 4.78 is 1.16. The Morgan fingerprint density at radius 1 is 0.950 bits per heavy atom. The molecule has 0 N–H and O–H groups in total. The van der Waals surface area contributed by atoms with E-state index in [1.54, 1.807) is 0 Å². The van der Waals surface area contributed by atoms with Crippen LogP contribution in [0, 0.1) is 6.92 Å². The van der Waals surface area contributed by atoms with E-state index in [1.165, 1.54) is 22.3 Å². The summed E-state index contributed by atoms with van der Waals surface area (Å²) in [5, 5.41) is 0. The Balaban J connectivity index is 2.34. The lowest BCUT2D eigenvalue weighted by Gasteiger charge is -2.20. The van der Waals surface area contributed by atoms with Gasteiger partial charge in [-0.2, -0.15) is 0 Å². The second-order valence-electron chi connectivity index (χ2n) is 6.19. The molecule has 0 aliphatic carbocycles. The van der Waals surface area contributed by atoms with Crippen molar-refractivity contribution in [2.75, 3.05) is 0 Å². The molecule has 0 nitrogen and oxygen atoms in total. The van der Waals surface area contributed by atoms with Crippen LogP contribution in [-0.2, 0) is 5.41 Å². The fourth-order valence-electron chi connectivity index (χ4n) is 2.23. The van der Waals surface area contributed by atoms with Crippen LogP contribution >= 0.6 is 31.9 Å². The lowest BCUT2D eigenvalue weighted by Crippen LogP contribution is -2.10. The van der Waals surface area contributed by atoms with Crippen molar-refractivity contribution in [1.82, 2.24) is 0 Å². The van der Waals surface area contributed by atoms with E-state index in [9.17, 15) is 0 Å². The molecule has 2 rings (SSSR count). The molecule has 0 bridgehead atoms. The topological polar surface area (TPSA) is 0 Å². The largest absolute Gasteiger partial charge is 0.0786 e. The van der Waals surface area contributed by atoms with Crippen LogP contribution in [0.5, 0.6) is 0 Å². The third-order valence-electron chi connectivity index (χ3n) is 3.65. The molecule has 2 aromatic carbocycles. The zero-order chi connectivity index (χ0) is 14.9. The van der Waals surface area contributed by atoms with Gasteiger partial charge in [-0.05, 0) is 40.7 Å². The van der Waals surface area contributed by atoms with Gasteiger partial charge < -0.3 is 0 Å². The van der Waals surface area contributed by atoms with Crippen LogP contribution in [0.15, 0.2) is 46.9 Å². The third-order valence-corrected chi connectivity index (χ3v) is 5.53. The van der Waals surface area contributed by atoms with Gasteiger partial charge in [0.1, 0.15) is 0 Å². The van der Waals surface area contributed by atoms with Crippen molar-refractivity contribution >= 4 is 31.9 Å². The number of benzene rings is 2. The van der Waals surface area contributed by atoms with Crippen LogP contribution in [0.3, 0.4) is 0 Å². The summed E-state index contributed by atoms with van der Waals surface area (Å²) in [5.41, 5.74) is 5.45. The molecule has 0 aliphatic rings. The first-order valence-electron chi connectivity index (χ1n) is 6.80. The molecule has 0 saturated carbocycles. The fraction of sp³-hybridized carbons (Fsp3) is 0.333. The fourth-order valence-corrected chi connectivity index (χ4v) is 3.41. The first-order valence-corrected chi connectivity index (χ1v) is 8.51. The average molecular weight is 396 g/mol. The highest BCUT2D eigenvalue weighted by Gasteiger charge is 2.16. The van der Waals surface area contributed by atoms with Crippen LogP contribution in [0.25, 0.3) is 0 Å². The van der Waals surface area contributed by atoms with Gasteiger partial charge in [0.2, 0.25) is 0 Å². The highest BCUT2D eigenvalue weighted by Crippen LogP contribution is 2.36. The van der Waals surface area contributed by atoms with Gasteiger partial charge in [0.15, 0.2) is 0 Å². The van der Waals surface area contributed by atoms with Crippen molar-refractivity contribution in [2.45, 2.75) is 37.9 Å². The van der Waals surface area contributed by atoms with Gasteiger partial charge in [-0.15, -0.1) is 0 Å². The predicted octanol–water partition coefficient (Wildman–Crippen LogP) is 6.54. The van der Waals surface area contributed by atoms with Crippen LogP contribution in [0.2, 0.25) is 0 Å². The molecule has 0 radical (unpaired) electrons. The summed E-state index contributed by atoms with van der Waals surface area (Å²) in [6.07, 6.45) is 0. The Hall–Kier alpha value is -0.600. The van der Waals surface area contributed by atoms with Crippen molar-refractivity contribution in [3.05, 3.63) is 69.2 Å². The number of hydrogen-bond donors (Lipinski definition) is 0. The molecule has 0 heterocycles. The standard InChI is InChI=1S/C18H20Br2/c1-12-15(6-5-7-16(12)19)17(20)13-8-10-14(11-9-13)18(2,3)4/h5-11,17H,1-4H3. The van der Waals surface area contributed by atoms with E-state index in [4.69, 9.17) is 0 Å². The molecule has 0 aliphatic heterocycles. The van der Waals surface area contributed by atoms with Crippen LogP contribution in [0.1, 0.15) is 47.9 Å². The number of hydrogen-bond acceptors (Lipinski definition) is 0. The van der Waals surface area contributed by atoms with E-state index in [-0.39, 0.29) is 10.2 Å². The first-order chi connectivity index (χ1) is 9.30. The number of rotatable bonds is 2. The molecule has 1 atom stereocenters. The molecular formula is C18H20Br2. The summed E-state index contributed by atoms with van der Waals surface area (Å²) in [4.78, 5) is 0.231. The molecule has 0 aromatic heterocycles. The van der Waals surface area contributed by atoms with E-state index < -0.39 is 0 Å². The summed E-state index contributed by atoms with van der Waals surface area (Å²) in [5.74, 6) is 0. The SMILES string of the molecule is Cc1c(Br)cccc1C(Br)c1ccc(C(C)(C)C)cc1. The van der Waals surface area contributed by atoms with Crippen molar-refractivity contribution in [3.8, 4) is 0 Å². The Labute approximate surface area is 138 Å². The third kappa shape index (κ3) is 3.35. The maximum absolute atomic E-state index is 3.83. The molecule has 20 heavy (non-hydrogen) atoms. The van der Waals surface area contributed by atoms with Crippen molar-refractivity contribution in [3.63, 3.8) is 0 Å². The Morgan fingerprint density at radius 2 is 1.55 bits per heavy atom. The molecular weight excluding hydrogens is 376 g/mol. The van der Waals surface area contributed by atoms with Crippen LogP contribution in [0.4, 0.5) is 0 Å². The Morgan fingerprint density at radius 3 is 2.10 bits per heavy atom. The van der Waals surface area contributed by atoms with Gasteiger partial charge in [-0.1, -0.05) is 89.0 Å². The highest BCUT2D eigenvalue weighted by molar-refractivity contribution is 9.10. The minimum Gasteiger partial charge on any atom is -0.0786 e. The average Bonchev–Trinajstić information content (AvgIpc) is 2.40. The van der Waals surface area contributed by atoms with Gasteiger partial charge in [-0.25, -0.2) is 0 Å². The van der Waals surface area contributed by atoms with E-state index in [2.05, 4.69) is 102 Å². The minimum absolute atomic E-state index is 0.200. The van der Waals surface area contributed by atoms with Crippen molar-refractivity contribution < 1.29 is 0 Å². The lowest BCUT2D eigenvalue weighted by atomic mass is 9.86. The minimum atomic E-state index is 0.200. The second-order valence-corrected chi connectivity index (χ2v) is 7.96. The second kappa shape index (κ2) is 6.03. The quantitative estimate of drug-likeness (QED) is 0.506. The van der Waals surface area contributed by atoms with Gasteiger partial charge in [0.25, 0.3) is 0 Å². The highest BCUT2D eigenvalue weighted by atomic mass is 79.9. The van der Waals surface area contributed by atoms with Crippen molar-refractivity contribution in [1.29, 1.82) is 0 Å². The van der Waals surface area contributed by atoms with Gasteiger partial charge in [-0.3, -0.25) is 0 Å². The molecule has 2 aromatic rings. The van der Waals surface area contributed by atoms with Gasteiger partial charge in [0.05, 0.1) is 4.83 Å². The summed E-state index contributed by atoms with van der Waals surface area (Å²) >= 11 is 7.44. The molecule has 0 fully saturated rings. The molecule has 106 valence electrons. The first kappa shape index (κ1) is 15.8. The molecule has 0 amide bonds. The normalized spacial score (nSPS) is 13.3. The Kier molecular flexibility index (Phi) is 4.76. The monoisotopic (exact) mass is 394 g/mol. The van der Waals surface area contributed by atoms with E-state index in [0.29, 0.717) is 0 Å². The van der Waals surface area contributed by atoms with E-state index in [0.717, 1.165) is 4.47 Å². The van der Waals surface area contributed by atoms with E-state index in [1.807, 2.05) is 0 Å². The van der Waals surface area contributed by atoms with Crippen LogP contribution in [-0.4, -0.2) is 0 Å². The van der Waals surface area contributed by atoms with Gasteiger partial charge in [0, 0.05) is 4.47 Å². The maximum atomic E-state index is 3.83. The lowest BCUT2D eigenvalue weighted by molar-refractivity contribution is 0.590. The molecule has 0 spiro atoms. The van der Waals surface area contributed by atoms with Crippen LogP contribution < -0.4 is 0 Å². The Bertz CT molecular complexity index is 592. The smallest absolute Gasteiger partial charge is 0.0647 e. The predicted molar refractivity (Wildman–Crippen MR) is 94.8 cm³/mol. The number of halogens is 2. The summed E-state index contributed by atoms with van der Waals surface area (Å²) in [7, 11) is 0. The summed E-state index contributed by atoms with van der Waals surface area (Å²) in [6, 6.07) is 15.3. The summed E-state index contributed by atoms with van der Waals surface area (Å²) in [6.45, 7) is 8.88. The van der Waals surface area contributed by atoms with Gasteiger partial charge >= 0.3 is 0 Å². The molecule has 1 unspecified atom stereocenters. The van der Waals surface area contributed by atoms with Crippen molar-refractivity contribution in [2.24, 2.45) is 0 Å². The van der Waals surface area contributed by atoms with E-state index >= 15 is 0 Å². The number of alkyl halides is 1.